The second-order valence-electron chi connectivity index (χ2n) is 7.57. The molecule has 4 rings (SSSR count). The molecule has 2 heterocycles. The zero-order valence-corrected chi connectivity index (χ0v) is 17.1. The molecule has 1 aromatic heterocycles. The summed E-state index contributed by atoms with van der Waals surface area (Å²) in [5.41, 5.74) is 3.00. The standard InChI is InChI=1S/C24H26N4O2/c1-2-19-16-21(29)27-23(25-19)18-11-8-12-20(15-18)26-24(30)22(28-13-6-7-14-28)17-9-4-3-5-10-17/h3-5,8-12,15-16,22H,2,6-7,13-14H2,1H3,(H,26,30)(H,25,27,29). The van der Waals surface area contributed by atoms with E-state index in [1.54, 1.807) is 0 Å². The summed E-state index contributed by atoms with van der Waals surface area (Å²) >= 11 is 0. The molecule has 0 bridgehead atoms. The third-order valence-electron chi connectivity index (χ3n) is 5.43. The van der Waals surface area contributed by atoms with Crippen LogP contribution in [0.4, 0.5) is 5.69 Å². The maximum absolute atomic E-state index is 13.3. The maximum Gasteiger partial charge on any atom is 0.251 e. The zero-order chi connectivity index (χ0) is 20.9. The number of carbonyl (C=O) groups is 1. The molecule has 2 aromatic carbocycles. The molecule has 1 amide bonds. The number of carbonyl (C=O) groups excluding carboxylic acids is 1. The van der Waals surface area contributed by atoms with Gasteiger partial charge >= 0.3 is 0 Å². The molecule has 6 heteroatoms. The Morgan fingerprint density at radius 2 is 1.87 bits per heavy atom. The summed E-state index contributed by atoms with van der Waals surface area (Å²) in [5, 5.41) is 3.07. The lowest BCUT2D eigenvalue weighted by atomic mass is 10.0. The summed E-state index contributed by atoms with van der Waals surface area (Å²) in [6.07, 6.45) is 2.90. The molecule has 1 unspecified atom stereocenters. The maximum atomic E-state index is 13.3. The second-order valence-corrected chi connectivity index (χ2v) is 7.57. The van der Waals surface area contributed by atoms with Gasteiger partial charge in [0.1, 0.15) is 11.9 Å². The van der Waals surface area contributed by atoms with Gasteiger partial charge in [0.05, 0.1) is 0 Å². The topological polar surface area (TPSA) is 78.1 Å². The van der Waals surface area contributed by atoms with E-state index in [1.807, 2.05) is 61.5 Å². The first kappa shape index (κ1) is 20.0. The summed E-state index contributed by atoms with van der Waals surface area (Å²) in [6, 6.07) is 18.5. The van der Waals surface area contributed by atoms with Crippen LogP contribution in [0.3, 0.4) is 0 Å². The number of hydrogen-bond acceptors (Lipinski definition) is 4. The number of hydrogen-bond donors (Lipinski definition) is 2. The molecular weight excluding hydrogens is 376 g/mol. The minimum Gasteiger partial charge on any atom is -0.324 e. The van der Waals surface area contributed by atoms with Crippen molar-refractivity contribution in [2.45, 2.75) is 32.2 Å². The van der Waals surface area contributed by atoms with E-state index in [0.717, 1.165) is 42.8 Å². The lowest BCUT2D eigenvalue weighted by molar-refractivity contribution is -0.121. The molecule has 1 saturated heterocycles. The molecule has 1 fully saturated rings. The van der Waals surface area contributed by atoms with Crippen LogP contribution in [0, 0.1) is 0 Å². The second kappa shape index (κ2) is 9.05. The average molecular weight is 402 g/mol. The fourth-order valence-electron chi connectivity index (χ4n) is 3.94. The summed E-state index contributed by atoms with van der Waals surface area (Å²) in [6.45, 7) is 3.80. The predicted molar refractivity (Wildman–Crippen MR) is 118 cm³/mol. The van der Waals surface area contributed by atoms with Crippen molar-refractivity contribution in [2.24, 2.45) is 0 Å². The molecule has 3 aromatic rings. The van der Waals surface area contributed by atoms with E-state index in [2.05, 4.69) is 20.2 Å². The molecule has 1 aliphatic rings. The molecule has 0 saturated carbocycles. The van der Waals surface area contributed by atoms with Crippen LogP contribution in [0.2, 0.25) is 0 Å². The van der Waals surface area contributed by atoms with E-state index in [9.17, 15) is 9.59 Å². The highest BCUT2D eigenvalue weighted by molar-refractivity contribution is 5.96. The Morgan fingerprint density at radius 1 is 1.10 bits per heavy atom. The van der Waals surface area contributed by atoms with Crippen molar-refractivity contribution in [1.82, 2.24) is 14.9 Å². The van der Waals surface area contributed by atoms with Crippen LogP contribution < -0.4 is 10.9 Å². The number of H-pyrrole nitrogens is 1. The van der Waals surface area contributed by atoms with Gasteiger partial charge in [0, 0.05) is 23.0 Å². The van der Waals surface area contributed by atoms with Gasteiger partial charge in [0.15, 0.2) is 0 Å². The van der Waals surface area contributed by atoms with Crippen LogP contribution in [0.15, 0.2) is 65.5 Å². The molecule has 0 radical (unpaired) electrons. The summed E-state index contributed by atoms with van der Waals surface area (Å²) in [4.78, 5) is 34.7. The molecular formula is C24H26N4O2. The fraction of sp³-hybridized carbons (Fsp3) is 0.292. The lowest BCUT2D eigenvalue weighted by Gasteiger charge is -2.27. The van der Waals surface area contributed by atoms with Gasteiger partial charge < -0.3 is 10.3 Å². The SMILES string of the molecule is CCc1cc(=O)[nH]c(-c2cccc(NC(=O)C(c3ccccc3)N3CCCC3)c2)n1. The van der Waals surface area contributed by atoms with Crippen LogP contribution in [0.25, 0.3) is 11.4 Å². The van der Waals surface area contributed by atoms with E-state index >= 15 is 0 Å². The van der Waals surface area contributed by atoms with Crippen molar-refractivity contribution in [3.8, 4) is 11.4 Å². The minimum absolute atomic E-state index is 0.0518. The number of anilines is 1. The summed E-state index contributed by atoms with van der Waals surface area (Å²) in [5.74, 6) is 0.457. The molecule has 1 atom stereocenters. The number of likely N-dealkylation sites (tertiary alicyclic amines) is 1. The molecule has 1 aliphatic heterocycles. The average Bonchev–Trinajstić information content (AvgIpc) is 3.28. The van der Waals surface area contributed by atoms with Gasteiger partial charge in [-0.1, -0.05) is 49.4 Å². The lowest BCUT2D eigenvalue weighted by Crippen LogP contribution is -2.35. The minimum atomic E-state index is -0.321. The third-order valence-corrected chi connectivity index (χ3v) is 5.43. The summed E-state index contributed by atoms with van der Waals surface area (Å²) < 4.78 is 0. The summed E-state index contributed by atoms with van der Waals surface area (Å²) in [7, 11) is 0. The zero-order valence-electron chi connectivity index (χ0n) is 17.1. The molecule has 0 aliphatic carbocycles. The monoisotopic (exact) mass is 402 g/mol. The van der Waals surface area contributed by atoms with Crippen LogP contribution in [0.1, 0.15) is 37.1 Å². The third kappa shape index (κ3) is 4.49. The van der Waals surface area contributed by atoms with Crippen molar-refractivity contribution >= 4 is 11.6 Å². The Labute approximate surface area is 176 Å². The predicted octanol–water partition coefficient (Wildman–Crippen LogP) is 3.77. The van der Waals surface area contributed by atoms with Crippen LogP contribution in [-0.4, -0.2) is 33.9 Å². The van der Waals surface area contributed by atoms with Crippen molar-refractivity contribution in [3.05, 3.63) is 82.3 Å². The van der Waals surface area contributed by atoms with E-state index in [0.29, 0.717) is 17.9 Å². The first-order valence-corrected chi connectivity index (χ1v) is 10.4. The van der Waals surface area contributed by atoms with Gasteiger partial charge in [-0.2, -0.15) is 0 Å². The smallest absolute Gasteiger partial charge is 0.251 e. The number of amides is 1. The molecule has 154 valence electrons. The number of nitrogens with one attached hydrogen (secondary N) is 2. The molecule has 2 N–H and O–H groups in total. The first-order valence-electron chi connectivity index (χ1n) is 10.4. The van der Waals surface area contributed by atoms with Crippen molar-refractivity contribution < 1.29 is 4.79 Å². The first-order chi connectivity index (χ1) is 14.6. The van der Waals surface area contributed by atoms with Gasteiger partial charge in [0.2, 0.25) is 5.91 Å². The van der Waals surface area contributed by atoms with Gasteiger partial charge in [-0.15, -0.1) is 0 Å². The fourth-order valence-corrected chi connectivity index (χ4v) is 3.94. The number of rotatable bonds is 6. The van der Waals surface area contributed by atoms with Gasteiger partial charge in [-0.05, 0) is 50.0 Å². The molecule has 30 heavy (non-hydrogen) atoms. The Hall–Kier alpha value is -3.25. The Morgan fingerprint density at radius 3 is 2.60 bits per heavy atom. The largest absolute Gasteiger partial charge is 0.324 e. The number of aromatic amines is 1. The number of benzene rings is 2. The number of aromatic nitrogens is 2. The van der Waals surface area contributed by atoms with Gasteiger partial charge in [-0.25, -0.2) is 4.98 Å². The van der Waals surface area contributed by atoms with E-state index in [-0.39, 0.29) is 17.5 Å². The van der Waals surface area contributed by atoms with E-state index in [4.69, 9.17) is 0 Å². The Bertz CT molecular complexity index is 1070. The number of aryl methyl sites for hydroxylation is 1. The van der Waals surface area contributed by atoms with Crippen molar-refractivity contribution in [2.75, 3.05) is 18.4 Å². The quantitative estimate of drug-likeness (QED) is 0.658. The van der Waals surface area contributed by atoms with Crippen molar-refractivity contribution in [1.29, 1.82) is 0 Å². The molecule has 0 spiro atoms. The number of nitrogens with zero attached hydrogens (tertiary/aromatic N) is 2. The normalized spacial score (nSPS) is 15.1. The van der Waals surface area contributed by atoms with Crippen molar-refractivity contribution in [3.63, 3.8) is 0 Å². The van der Waals surface area contributed by atoms with Crippen LogP contribution in [0.5, 0.6) is 0 Å². The van der Waals surface area contributed by atoms with Crippen LogP contribution >= 0.6 is 0 Å². The Kier molecular flexibility index (Phi) is 6.05. The van der Waals surface area contributed by atoms with Gasteiger partial charge in [0.25, 0.3) is 5.56 Å². The van der Waals surface area contributed by atoms with Crippen LogP contribution in [-0.2, 0) is 11.2 Å². The highest BCUT2D eigenvalue weighted by Crippen LogP contribution is 2.27. The van der Waals surface area contributed by atoms with Gasteiger partial charge in [-0.3, -0.25) is 14.5 Å². The highest BCUT2D eigenvalue weighted by Gasteiger charge is 2.29. The van der Waals surface area contributed by atoms with E-state index in [1.165, 1.54) is 6.07 Å². The Balaban J connectivity index is 1.60. The molecule has 6 nitrogen and oxygen atoms in total. The highest BCUT2D eigenvalue weighted by atomic mass is 16.2. The van der Waals surface area contributed by atoms with E-state index < -0.39 is 0 Å².